The molecule has 3 aliphatic rings. The largest absolute Gasteiger partial charge is 0.356 e. The third kappa shape index (κ3) is 5.83. The Hall–Kier alpha value is -2.66. The zero-order valence-corrected chi connectivity index (χ0v) is 21.5. The summed E-state index contributed by atoms with van der Waals surface area (Å²) < 4.78 is 0. The van der Waals surface area contributed by atoms with E-state index < -0.39 is 0 Å². The second-order valence-electron chi connectivity index (χ2n) is 11.0. The highest BCUT2D eigenvalue weighted by Crippen LogP contribution is 2.43. The molecule has 36 heavy (non-hydrogen) atoms. The molecule has 192 valence electrons. The molecule has 4 atom stereocenters. The molecule has 3 aliphatic heterocycles. The van der Waals surface area contributed by atoms with E-state index in [1.807, 2.05) is 36.4 Å². The molecule has 0 bridgehead atoms. The fraction of sp³-hybridized carbons (Fsp3) is 0.548. The lowest BCUT2D eigenvalue weighted by atomic mass is 9.69. The van der Waals surface area contributed by atoms with Crippen molar-refractivity contribution in [1.29, 1.82) is 0 Å². The number of carbonyl (C=O) groups is 2. The van der Waals surface area contributed by atoms with E-state index in [0.29, 0.717) is 24.3 Å². The molecule has 0 saturated carbocycles. The van der Waals surface area contributed by atoms with Gasteiger partial charge in [-0.05, 0) is 94.0 Å². The van der Waals surface area contributed by atoms with Gasteiger partial charge in [0.15, 0.2) is 0 Å². The number of aryl methyl sites for hydroxylation is 1. The molecule has 5 rings (SSSR count). The van der Waals surface area contributed by atoms with Crippen molar-refractivity contribution in [3.05, 3.63) is 71.8 Å². The van der Waals surface area contributed by atoms with Gasteiger partial charge in [-0.2, -0.15) is 0 Å². The molecule has 2 amide bonds. The molecule has 3 heterocycles. The van der Waals surface area contributed by atoms with Gasteiger partial charge < -0.3 is 10.2 Å². The number of nitrogens with zero attached hydrogens (tertiary/aromatic N) is 2. The van der Waals surface area contributed by atoms with E-state index in [9.17, 15) is 9.59 Å². The fourth-order valence-corrected chi connectivity index (χ4v) is 7.07. The van der Waals surface area contributed by atoms with Gasteiger partial charge in [-0.15, -0.1) is 0 Å². The van der Waals surface area contributed by atoms with Crippen LogP contribution in [0.4, 0.5) is 0 Å². The van der Waals surface area contributed by atoms with Crippen molar-refractivity contribution >= 4 is 11.8 Å². The molecule has 1 N–H and O–H groups in total. The Morgan fingerprint density at radius 3 is 2.39 bits per heavy atom. The fourth-order valence-electron chi connectivity index (χ4n) is 7.07. The van der Waals surface area contributed by atoms with Gasteiger partial charge in [0, 0.05) is 37.2 Å². The first-order valence-corrected chi connectivity index (χ1v) is 14.1. The van der Waals surface area contributed by atoms with E-state index in [0.717, 1.165) is 44.3 Å². The van der Waals surface area contributed by atoms with Gasteiger partial charge in [-0.1, -0.05) is 48.5 Å². The van der Waals surface area contributed by atoms with Gasteiger partial charge in [0.05, 0.1) is 0 Å². The van der Waals surface area contributed by atoms with Crippen LogP contribution < -0.4 is 5.32 Å². The molecule has 0 unspecified atom stereocenters. The molecule has 2 aromatic rings. The van der Waals surface area contributed by atoms with Gasteiger partial charge in [0.2, 0.25) is 5.91 Å². The first-order chi connectivity index (χ1) is 17.7. The van der Waals surface area contributed by atoms with E-state index in [-0.39, 0.29) is 17.9 Å². The molecule has 5 heteroatoms. The highest BCUT2D eigenvalue weighted by Gasteiger charge is 2.49. The average molecular weight is 488 g/mol. The van der Waals surface area contributed by atoms with Crippen molar-refractivity contribution in [1.82, 2.24) is 15.1 Å². The van der Waals surface area contributed by atoms with Crippen molar-refractivity contribution in [2.45, 2.75) is 69.9 Å². The summed E-state index contributed by atoms with van der Waals surface area (Å²) in [5.41, 5.74) is 2.11. The highest BCUT2D eigenvalue weighted by molar-refractivity contribution is 5.94. The number of hydrogen-bond acceptors (Lipinski definition) is 3. The first-order valence-electron chi connectivity index (χ1n) is 14.1. The zero-order valence-electron chi connectivity index (χ0n) is 21.5. The van der Waals surface area contributed by atoms with E-state index in [4.69, 9.17) is 0 Å². The Kier molecular flexibility index (Phi) is 8.37. The third-order valence-corrected chi connectivity index (χ3v) is 8.66. The molecule has 5 nitrogen and oxygen atoms in total. The molecular weight excluding hydrogens is 446 g/mol. The van der Waals surface area contributed by atoms with Gasteiger partial charge >= 0.3 is 0 Å². The molecule has 3 saturated heterocycles. The van der Waals surface area contributed by atoms with Crippen LogP contribution in [-0.4, -0.2) is 59.9 Å². The van der Waals surface area contributed by atoms with Crippen LogP contribution in [0, 0.1) is 11.8 Å². The predicted molar refractivity (Wildman–Crippen MR) is 144 cm³/mol. The van der Waals surface area contributed by atoms with E-state index in [2.05, 4.69) is 39.4 Å². The number of piperidine rings is 3. The maximum Gasteiger partial charge on any atom is 0.254 e. The van der Waals surface area contributed by atoms with Crippen LogP contribution in [-0.2, 0) is 11.2 Å². The average Bonchev–Trinajstić information content (AvgIpc) is 2.93. The zero-order chi connectivity index (χ0) is 24.7. The summed E-state index contributed by atoms with van der Waals surface area (Å²) >= 11 is 0. The lowest BCUT2D eigenvalue weighted by Crippen LogP contribution is -2.65. The minimum atomic E-state index is 0.139. The summed E-state index contributed by atoms with van der Waals surface area (Å²) in [5.74, 6) is 1.42. The lowest BCUT2D eigenvalue weighted by Gasteiger charge is -2.57. The van der Waals surface area contributed by atoms with Crippen LogP contribution in [0.25, 0.3) is 0 Å². The van der Waals surface area contributed by atoms with Crippen molar-refractivity contribution in [3.8, 4) is 0 Å². The Bertz CT molecular complexity index is 993. The van der Waals surface area contributed by atoms with Crippen molar-refractivity contribution in [2.75, 3.05) is 26.2 Å². The summed E-state index contributed by atoms with van der Waals surface area (Å²) in [4.78, 5) is 31.2. The van der Waals surface area contributed by atoms with Crippen LogP contribution in [0.1, 0.15) is 67.3 Å². The summed E-state index contributed by atoms with van der Waals surface area (Å²) in [5, 5.41) is 3.11. The van der Waals surface area contributed by atoms with Crippen LogP contribution in [0.3, 0.4) is 0 Å². The quantitative estimate of drug-likeness (QED) is 0.511. The Morgan fingerprint density at radius 1 is 0.889 bits per heavy atom. The number of carbonyl (C=O) groups excluding carboxylic acids is 2. The molecular formula is C31H41N3O2. The number of benzene rings is 2. The standard InChI is InChI=1S/C31H41N3O2/c35-29(32-20-8-13-24-11-3-1-4-12-24)19-7-18-28-27-17-10-22-33-21-9-16-26(30(27)33)23-34(28)31(36)25-14-5-2-6-15-25/h1-6,11-12,14-15,26-28,30H,7-10,13,16-23H2,(H,32,35)/t26-,27+,28+,30-/m0/s1. The SMILES string of the molecule is O=C(CCC[C@@H]1[C@H]2CCCN3CCC[C@@H](CN1C(=O)c1ccccc1)[C@@H]23)NCCCc1ccccc1. The van der Waals surface area contributed by atoms with E-state index >= 15 is 0 Å². The monoisotopic (exact) mass is 487 g/mol. The second-order valence-corrected chi connectivity index (χ2v) is 11.0. The van der Waals surface area contributed by atoms with Crippen LogP contribution in [0.5, 0.6) is 0 Å². The normalized spacial score (nSPS) is 25.7. The number of rotatable bonds is 9. The predicted octanol–water partition coefficient (Wildman–Crippen LogP) is 4.92. The Morgan fingerprint density at radius 2 is 1.61 bits per heavy atom. The van der Waals surface area contributed by atoms with Crippen molar-refractivity contribution in [3.63, 3.8) is 0 Å². The maximum atomic E-state index is 13.7. The summed E-state index contributed by atoms with van der Waals surface area (Å²) in [6, 6.07) is 21.1. The molecule has 0 radical (unpaired) electrons. The molecule has 2 aromatic carbocycles. The van der Waals surface area contributed by atoms with E-state index in [1.165, 1.54) is 44.3 Å². The molecule has 0 aromatic heterocycles. The summed E-state index contributed by atoms with van der Waals surface area (Å²) in [6.45, 7) is 4.00. The summed E-state index contributed by atoms with van der Waals surface area (Å²) in [7, 11) is 0. The van der Waals surface area contributed by atoms with Crippen LogP contribution >= 0.6 is 0 Å². The van der Waals surface area contributed by atoms with E-state index in [1.54, 1.807) is 0 Å². The second kappa shape index (κ2) is 12.1. The number of hydrogen-bond donors (Lipinski definition) is 1. The van der Waals surface area contributed by atoms with Gasteiger partial charge in [-0.3, -0.25) is 14.5 Å². The molecule has 0 spiro atoms. The topological polar surface area (TPSA) is 52.7 Å². The maximum absolute atomic E-state index is 13.7. The molecule has 3 fully saturated rings. The lowest BCUT2D eigenvalue weighted by molar-refractivity contribution is -0.121. The molecule has 0 aliphatic carbocycles. The minimum absolute atomic E-state index is 0.139. The van der Waals surface area contributed by atoms with Crippen LogP contribution in [0.2, 0.25) is 0 Å². The van der Waals surface area contributed by atoms with Gasteiger partial charge in [0.1, 0.15) is 0 Å². The van der Waals surface area contributed by atoms with Crippen molar-refractivity contribution < 1.29 is 9.59 Å². The Balaban J connectivity index is 1.18. The van der Waals surface area contributed by atoms with Gasteiger partial charge in [-0.25, -0.2) is 0 Å². The third-order valence-electron chi connectivity index (χ3n) is 8.66. The highest BCUT2D eigenvalue weighted by atomic mass is 16.2. The first kappa shape index (κ1) is 25.0. The van der Waals surface area contributed by atoms with Gasteiger partial charge in [0.25, 0.3) is 5.91 Å². The number of likely N-dealkylation sites (tertiary alicyclic amines) is 1. The Labute approximate surface area is 216 Å². The number of amides is 2. The number of nitrogens with one attached hydrogen (secondary N) is 1. The smallest absolute Gasteiger partial charge is 0.254 e. The van der Waals surface area contributed by atoms with Crippen LogP contribution in [0.15, 0.2) is 60.7 Å². The summed E-state index contributed by atoms with van der Waals surface area (Å²) in [6.07, 6.45) is 9.13. The van der Waals surface area contributed by atoms with Crippen molar-refractivity contribution in [2.24, 2.45) is 11.8 Å². The minimum Gasteiger partial charge on any atom is -0.356 e.